The highest BCUT2D eigenvalue weighted by atomic mass is 16.5. The van der Waals surface area contributed by atoms with Crippen LogP contribution >= 0.6 is 0 Å². The number of piperidine rings is 1. The molecule has 0 amide bonds. The van der Waals surface area contributed by atoms with Gasteiger partial charge in [-0.3, -0.25) is 15.2 Å². The third kappa shape index (κ3) is 6.06. The first kappa shape index (κ1) is 25.7. The van der Waals surface area contributed by atoms with Crippen LogP contribution in [0.1, 0.15) is 30.4 Å². The zero-order chi connectivity index (χ0) is 26.6. The van der Waals surface area contributed by atoms with Gasteiger partial charge in [-0.25, -0.2) is 9.97 Å². The van der Waals surface area contributed by atoms with Gasteiger partial charge in [0.25, 0.3) is 0 Å². The molecule has 9 heteroatoms. The Balaban J connectivity index is 1.04. The molecule has 5 N–H and O–H groups in total. The minimum atomic E-state index is 0.296. The Labute approximate surface area is 230 Å². The smallest absolute Gasteiger partial charge is 0.141 e. The van der Waals surface area contributed by atoms with Gasteiger partial charge in [0.15, 0.2) is 0 Å². The van der Waals surface area contributed by atoms with E-state index in [0.717, 1.165) is 43.2 Å². The summed E-state index contributed by atoms with van der Waals surface area (Å²) >= 11 is 0. The second-order valence-corrected chi connectivity index (χ2v) is 11.0. The van der Waals surface area contributed by atoms with Gasteiger partial charge < -0.3 is 21.1 Å². The van der Waals surface area contributed by atoms with E-state index in [0.29, 0.717) is 40.7 Å². The molecule has 3 fully saturated rings. The van der Waals surface area contributed by atoms with Crippen molar-refractivity contribution in [3.8, 4) is 11.5 Å². The summed E-state index contributed by atoms with van der Waals surface area (Å²) in [4.78, 5) is 14.0. The molecule has 0 bridgehead atoms. The number of nitrogens with one attached hydrogen (secondary N) is 3. The lowest BCUT2D eigenvalue weighted by atomic mass is 9.97. The molecule has 204 valence electrons. The lowest BCUT2D eigenvalue weighted by Crippen LogP contribution is -2.62. The van der Waals surface area contributed by atoms with Gasteiger partial charge >= 0.3 is 0 Å². The first-order valence-electron chi connectivity index (χ1n) is 14.1. The molecule has 3 saturated heterocycles. The van der Waals surface area contributed by atoms with Crippen LogP contribution in [-0.4, -0.2) is 83.4 Å². The molecular formula is C30H38N8O. The summed E-state index contributed by atoms with van der Waals surface area (Å²) in [6.07, 6.45) is 4.89. The van der Waals surface area contributed by atoms with Crippen LogP contribution in [0.15, 0.2) is 60.9 Å². The van der Waals surface area contributed by atoms with E-state index in [2.05, 4.69) is 30.4 Å². The molecule has 0 radical (unpaired) electrons. The standard InChI is InChI=1S/C30H38N8O/c31-28(22-6-8-26(9-7-22)39-25-4-2-1-3-5-25)27-29(32)34-20-35-30(27)36-23-11-14-38(15-12-23)24-18-37(19-24)17-21-10-13-33-16-21/h1-9,20-21,23-24,31,33H,10-19H2,(H3,32,34,35,36). The molecule has 6 rings (SSSR count). The number of hydrogen-bond acceptors (Lipinski definition) is 9. The lowest BCUT2D eigenvalue weighted by Gasteiger charge is -2.48. The lowest BCUT2D eigenvalue weighted by molar-refractivity contribution is 0.0144. The molecule has 39 heavy (non-hydrogen) atoms. The van der Waals surface area contributed by atoms with Crippen LogP contribution in [-0.2, 0) is 0 Å². The number of aromatic nitrogens is 2. The number of ether oxygens (including phenoxy) is 1. The van der Waals surface area contributed by atoms with E-state index in [9.17, 15) is 0 Å². The van der Waals surface area contributed by atoms with Gasteiger partial charge in [0.1, 0.15) is 29.5 Å². The van der Waals surface area contributed by atoms with Crippen LogP contribution in [0.4, 0.5) is 11.6 Å². The Bertz CT molecular complexity index is 1250. The number of nitrogens with zero attached hydrogens (tertiary/aromatic N) is 4. The second-order valence-electron chi connectivity index (χ2n) is 11.0. The Morgan fingerprint density at radius 2 is 1.74 bits per heavy atom. The van der Waals surface area contributed by atoms with Crippen molar-refractivity contribution in [3.05, 3.63) is 72.1 Å². The van der Waals surface area contributed by atoms with E-state index in [4.69, 9.17) is 15.9 Å². The molecule has 1 aromatic heterocycles. The molecule has 1 unspecified atom stereocenters. The maximum absolute atomic E-state index is 8.92. The van der Waals surface area contributed by atoms with Gasteiger partial charge in [-0.05, 0) is 74.7 Å². The highest BCUT2D eigenvalue weighted by Crippen LogP contribution is 2.28. The molecular weight excluding hydrogens is 488 g/mol. The van der Waals surface area contributed by atoms with Gasteiger partial charge in [-0.2, -0.15) is 0 Å². The first-order chi connectivity index (χ1) is 19.1. The number of rotatable bonds is 9. The fraction of sp³-hybridized carbons (Fsp3) is 0.433. The van der Waals surface area contributed by atoms with Crippen molar-refractivity contribution in [3.63, 3.8) is 0 Å². The summed E-state index contributed by atoms with van der Waals surface area (Å²) in [7, 11) is 0. The Kier molecular flexibility index (Phi) is 7.71. The van der Waals surface area contributed by atoms with E-state index < -0.39 is 0 Å². The SMILES string of the molecule is N=C(c1ccc(Oc2ccccc2)cc1)c1c(N)ncnc1NC1CCN(C2CN(CC3CCNC3)C2)CC1. The topological polar surface area (TPSA) is 115 Å². The second kappa shape index (κ2) is 11.7. The normalized spacial score (nSPS) is 21.0. The maximum atomic E-state index is 8.92. The summed E-state index contributed by atoms with van der Waals surface area (Å²) in [6.45, 7) is 8.17. The van der Waals surface area contributed by atoms with Crippen LogP contribution in [0.3, 0.4) is 0 Å². The Hall–Kier alpha value is -3.53. The van der Waals surface area contributed by atoms with Crippen molar-refractivity contribution in [1.82, 2.24) is 25.1 Å². The molecule has 3 aromatic rings. The van der Waals surface area contributed by atoms with Gasteiger partial charge in [-0.1, -0.05) is 18.2 Å². The van der Waals surface area contributed by atoms with Crippen LogP contribution in [0, 0.1) is 11.3 Å². The van der Waals surface area contributed by atoms with Gasteiger partial charge in [-0.15, -0.1) is 0 Å². The van der Waals surface area contributed by atoms with E-state index in [1.807, 2.05) is 54.6 Å². The molecule has 4 heterocycles. The summed E-state index contributed by atoms with van der Waals surface area (Å²) in [5, 5.41) is 16.0. The minimum Gasteiger partial charge on any atom is -0.457 e. The van der Waals surface area contributed by atoms with E-state index in [1.54, 1.807) is 0 Å². The Morgan fingerprint density at radius 1 is 1.00 bits per heavy atom. The van der Waals surface area contributed by atoms with Gasteiger partial charge in [0, 0.05) is 50.4 Å². The van der Waals surface area contributed by atoms with Crippen molar-refractivity contribution >= 4 is 17.3 Å². The van der Waals surface area contributed by atoms with Crippen LogP contribution < -0.4 is 21.1 Å². The predicted molar refractivity (Wildman–Crippen MR) is 155 cm³/mol. The number of hydrogen-bond donors (Lipinski definition) is 4. The summed E-state index contributed by atoms with van der Waals surface area (Å²) < 4.78 is 5.90. The Morgan fingerprint density at radius 3 is 2.46 bits per heavy atom. The predicted octanol–water partition coefficient (Wildman–Crippen LogP) is 3.44. The highest BCUT2D eigenvalue weighted by Gasteiger charge is 2.35. The quantitative estimate of drug-likeness (QED) is 0.314. The fourth-order valence-corrected chi connectivity index (χ4v) is 5.97. The fourth-order valence-electron chi connectivity index (χ4n) is 5.97. The molecule has 9 nitrogen and oxygen atoms in total. The number of nitrogens with two attached hydrogens (primary N) is 1. The molecule has 3 aliphatic heterocycles. The van der Waals surface area contributed by atoms with Crippen molar-refractivity contribution in [1.29, 1.82) is 5.41 Å². The van der Waals surface area contributed by atoms with E-state index >= 15 is 0 Å². The van der Waals surface area contributed by atoms with Crippen molar-refractivity contribution in [2.75, 3.05) is 56.9 Å². The number of anilines is 2. The van der Waals surface area contributed by atoms with Crippen LogP contribution in [0.5, 0.6) is 11.5 Å². The van der Waals surface area contributed by atoms with Crippen LogP contribution in [0.2, 0.25) is 0 Å². The van der Waals surface area contributed by atoms with Crippen molar-refractivity contribution in [2.45, 2.75) is 31.3 Å². The van der Waals surface area contributed by atoms with Crippen molar-refractivity contribution < 1.29 is 4.74 Å². The maximum Gasteiger partial charge on any atom is 0.141 e. The molecule has 0 saturated carbocycles. The average molecular weight is 527 g/mol. The van der Waals surface area contributed by atoms with Gasteiger partial charge in [0.05, 0.1) is 11.3 Å². The molecule has 3 aliphatic rings. The number of benzene rings is 2. The monoisotopic (exact) mass is 526 g/mol. The average Bonchev–Trinajstić information content (AvgIpc) is 3.45. The van der Waals surface area contributed by atoms with Crippen molar-refractivity contribution in [2.24, 2.45) is 5.92 Å². The number of para-hydroxylation sites is 1. The summed E-state index contributed by atoms with van der Waals surface area (Å²) in [5.41, 5.74) is 7.86. The highest BCUT2D eigenvalue weighted by molar-refractivity contribution is 6.16. The molecule has 0 spiro atoms. The largest absolute Gasteiger partial charge is 0.457 e. The number of nitrogen functional groups attached to an aromatic ring is 1. The molecule has 2 aromatic carbocycles. The van der Waals surface area contributed by atoms with Gasteiger partial charge in [0.2, 0.25) is 0 Å². The first-order valence-corrected chi connectivity index (χ1v) is 14.1. The zero-order valence-corrected chi connectivity index (χ0v) is 22.4. The summed E-state index contributed by atoms with van der Waals surface area (Å²) in [5.74, 6) is 3.26. The zero-order valence-electron chi connectivity index (χ0n) is 22.4. The summed E-state index contributed by atoms with van der Waals surface area (Å²) in [6, 6.07) is 18.1. The third-order valence-corrected chi connectivity index (χ3v) is 8.25. The molecule has 0 aliphatic carbocycles. The van der Waals surface area contributed by atoms with Crippen LogP contribution in [0.25, 0.3) is 0 Å². The number of likely N-dealkylation sites (tertiary alicyclic amines) is 2. The van der Waals surface area contributed by atoms with E-state index in [-0.39, 0.29) is 0 Å². The minimum absolute atomic E-state index is 0.296. The van der Waals surface area contributed by atoms with E-state index in [1.165, 1.54) is 45.5 Å². The molecule has 1 atom stereocenters. The third-order valence-electron chi connectivity index (χ3n) is 8.25.